The zero-order valence-corrected chi connectivity index (χ0v) is 19.0. The molecule has 2 aliphatic rings. The predicted molar refractivity (Wildman–Crippen MR) is 123 cm³/mol. The summed E-state index contributed by atoms with van der Waals surface area (Å²) >= 11 is 0. The summed E-state index contributed by atoms with van der Waals surface area (Å²) in [4.78, 5) is 38.8. The molecule has 1 saturated heterocycles. The first-order valence-corrected chi connectivity index (χ1v) is 11.1. The van der Waals surface area contributed by atoms with Gasteiger partial charge in [0.25, 0.3) is 5.91 Å². The molecule has 3 amide bonds. The highest BCUT2D eigenvalue weighted by atomic mass is 19.1. The molecule has 33 heavy (non-hydrogen) atoms. The van der Waals surface area contributed by atoms with Gasteiger partial charge in [0, 0.05) is 5.56 Å². The minimum atomic E-state index is -0.398. The Morgan fingerprint density at radius 2 is 1.73 bits per heavy atom. The van der Waals surface area contributed by atoms with Gasteiger partial charge in [0.1, 0.15) is 5.82 Å². The Balaban J connectivity index is 1.57. The molecule has 1 aliphatic heterocycles. The number of allylic oxidation sites excluding steroid dienone is 2. The van der Waals surface area contributed by atoms with E-state index in [9.17, 15) is 18.8 Å². The average Bonchev–Trinajstić information content (AvgIpc) is 2.80. The van der Waals surface area contributed by atoms with E-state index in [1.165, 1.54) is 17.1 Å². The minimum absolute atomic E-state index is 0.180. The number of fused-ring (bicyclic) bond motifs is 1. The molecule has 0 saturated carbocycles. The third-order valence-corrected chi connectivity index (χ3v) is 6.24. The van der Waals surface area contributed by atoms with Crippen molar-refractivity contribution >= 4 is 23.4 Å². The van der Waals surface area contributed by atoms with Crippen LogP contribution in [0.15, 0.2) is 60.7 Å². The number of anilines is 1. The maximum Gasteiger partial charge on any atom is 0.251 e. The zero-order valence-electron chi connectivity index (χ0n) is 19.0. The third kappa shape index (κ3) is 4.67. The van der Waals surface area contributed by atoms with E-state index in [-0.39, 0.29) is 40.9 Å². The number of benzene rings is 2. The molecule has 2 aromatic carbocycles. The van der Waals surface area contributed by atoms with Crippen LogP contribution in [0.2, 0.25) is 0 Å². The topological polar surface area (TPSA) is 78.5 Å². The number of nitrogens with one attached hydrogen (secondary N) is 2. The number of hydrogen-bond acceptors (Lipinski definition) is 3. The summed E-state index contributed by atoms with van der Waals surface area (Å²) in [6.07, 6.45) is 4.94. The fourth-order valence-electron chi connectivity index (χ4n) is 4.44. The van der Waals surface area contributed by atoms with Gasteiger partial charge < -0.3 is 5.32 Å². The molecular formula is C26H28FN3O3. The van der Waals surface area contributed by atoms with Crippen molar-refractivity contribution in [3.05, 3.63) is 77.6 Å². The quantitative estimate of drug-likeness (QED) is 0.683. The van der Waals surface area contributed by atoms with E-state index in [4.69, 9.17) is 0 Å². The van der Waals surface area contributed by atoms with E-state index < -0.39 is 5.92 Å². The van der Waals surface area contributed by atoms with Crippen LogP contribution in [0.4, 0.5) is 10.1 Å². The Morgan fingerprint density at radius 1 is 1.06 bits per heavy atom. The second-order valence-corrected chi connectivity index (χ2v) is 9.68. The Labute approximate surface area is 192 Å². The summed E-state index contributed by atoms with van der Waals surface area (Å²) in [5, 5.41) is 4.29. The average molecular weight is 450 g/mol. The van der Waals surface area contributed by atoms with Crippen molar-refractivity contribution in [2.24, 2.45) is 17.3 Å². The highest BCUT2D eigenvalue weighted by Crippen LogP contribution is 2.34. The second kappa shape index (κ2) is 8.81. The number of halogens is 1. The molecule has 0 spiro atoms. The summed E-state index contributed by atoms with van der Waals surface area (Å²) in [7, 11) is 0. The molecule has 4 rings (SSSR count). The molecule has 1 heterocycles. The molecule has 3 unspecified atom stereocenters. The fraction of sp³-hybridized carbons (Fsp3) is 0.346. The smallest absolute Gasteiger partial charge is 0.251 e. The SMILES string of the molecule is CC(C)(C)C(NC(=O)c1cccc(N2NC(=O)C3CC=CCC3C2=O)c1)c1ccc(F)cc1. The van der Waals surface area contributed by atoms with Gasteiger partial charge in [-0.05, 0) is 54.2 Å². The first kappa shape index (κ1) is 22.7. The summed E-state index contributed by atoms with van der Waals surface area (Å²) in [5.41, 5.74) is 3.95. The van der Waals surface area contributed by atoms with Gasteiger partial charge in [-0.3, -0.25) is 19.8 Å². The number of hydrazine groups is 1. The molecule has 1 aliphatic carbocycles. The van der Waals surface area contributed by atoms with Crippen molar-refractivity contribution in [2.75, 3.05) is 5.01 Å². The molecule has 7 heteroatoms. The molecule has 0 radical (unpaired) electrons. The Kier molecular flexibility index (Phi) is 6.06. The lowest BCUT2D eigenvalue weighted by atomic mass is 9.80. The van der Waals surface area contributed by atoms with Gasteiger partial charge in [-0.2, -0.15) is 0 Å². The van der Waals surface area contributed by atoms with Gasteiger partial charge in [0.15, 0.2) is 0 Å². The monoisotopic (exact) mass is 449 g/mol. The number of carbonyl (C=O) groups excluding carboxylic acids is 3. The van der Waals surface area contributed by atoms with Gasteiger partial charge in [0.2, 0.25) is 11.8 Å². The largest absolute Gasteiger partial charge is 0.345 e. The maximum atomic E-state index is 13.4. The normalized spacial score (nSPS) is 21.3. The van der Waals surface area contributed by atoms with E-state index in [0.29, 0.717) is 24.1 Å². The highest BCUT2D eigenvalue weighted by Gasteiger charge is 2.42. The van der Waals surface area contributed by atoms with Gasteiger partial charge in [-0.25, -0.2) is 9.40 Å². The molecule has 0 aromatic heterocycles. The third-order valence-electron chi connectivity index (χ3n) is 6.24. The van der Waals surface area contributed by atoms with Crippen molar-refractivity contribution in [3.8, 4) is 0 Å². The highest BCUT2D eigenvalue weighted by molar-refractivity contribution is 6.05. The lowest BCUT2D eigenvalue weighted by Gasteiger charge is -2.38. The van der Waals surface area contributed by atoms with Gasteiger partial charge >= 0.3 is 0 Å². The van der Waals surface area contributed by atoms with Gasteiger partial charge in [-0.15, -0.1) is 0 Å². The van der Waals surface area contributed by atoms with Crippen molar-refractivity contribution in [2.45, 2.75) is 39.7 Å². The van der Waals surface area contributed by atoms with E-state index in [1.807, 2.05) is 32.9 Å². The van der Waals surface area contributed by atoms with Crippen LogP contribution in [-0.4, -0.2) is 17.7 Å². The van der Waals surface area contributed by atoms with Crippen molar-refractivity contribution in [3.63, 3.8) is 0 Å². The van der Waals surface area contributed by atoms with E-state index in [2.05, 4.69) is 10.7 Å². The fourth-order valence-corrected chi connectivity index (χ4v) is 4.44. The molecule has 3 atom stereocenters. The van der Waals surface area contributed by atoms with E-state index >= 15 is 0 Å². The minimum Gasteiger partial charge on any atom is -0.345 e. The number of amides is 3. The lowest BCUT2D eigenvalue weighted by Crippen LogP contribution is -2.59. The van der Waals surface area contributed by atoms with Crippen LogP contribution in [-0.2, 0) is 9.59 Å². The van der Waals surface area contributed by atoms with Crippen LogP contribution < -0.4 is 15.8 Å². The molecule has 1 fully saturated rings. The van der Waals surface area contributed by atoms with E-state index in [1.54, 1.807) is 36.4 Å². The molecule has 172 valence electrons. The zero-order chi connectivity index (χ0) is 23.8. The van der Waals surface area contributed by atoms with Gasteiger partial charge in [-0.1, -0.05) is 51.1 Å². The Hall–Kier alpha value is -3.48. The van der Waals surface area contributed by atoms with Crippen LogP contribution in [0.1, 0.15) is 55.6 Å². The van der Waals surface area contributed by atoms with Crippen LogP contribution in [0, 0.1) is 23.1 Å². The van der Waals surface area contributed by atoms with Crippen LogP contribution in [0.25, 0.3) is 0 Å². The molecule has 0 bridgehead atoms. The Morgan fingerprint density at radius 3 is 2.39 bits per heavy atom. The predicted octanol–water partition coefficient (Wildman–Crippen LogP) is 4.30. The summed E-state index contributed by atoms with van der Waals surface area (Å²) in [6, 6.07) is 12.3. The summed E-state index contributed by atoms with van der Waals surface area (Å²) < 4.78 is 13.4. The van der Waals surface area contributed by atoms with Gasteiger partial charge in [0.05, 0.1) is 23.6 Å². The maximum absolute atomic E-state index is 13.4. The summed E-state index contributed by atoms with van der Waals surface area (Å²) in [6.45, 7) is 5.98. The van der Waals surface area contributed by atoms with Crippen molar-refractivity contribution < 1.29 is 18.8 Å². The molecular weight excluding hydrogens is 421 g/mol. The van der Waals surface area contributed by atoms with Crippen molar-refractivity contribution in [1.29, 1.82) is 0 Å². The number of nitrogens with zero attached hydrogens (tertiary/aromatic N) is 1. The number of carbonyl (C=O) groups is 3. The van der Waals surface area contributed by atoms with Crippen LogP contribution >= 0.6 is 0 Å². The summed E-state index contributed by atoms with van der Waals surface area (Å²) in [5.74, 6) is -1.79. The molecule has 2 aromatic rings. The lowest BCUT2D eigenvalue weighted by molar-refractivity contribution is -0.139. The Bertz CT molecular complexity index is 1100. The van der Waals surface area contributed by atoms with E-state index in [0.717, 1.165) is 5.56 Å². The number of hydrogen-bond donors (Lipinski definition) is 2. The molecule has 2 N–H and O–H groups in total. The standard InChI is InChI=1S/C26H28FN3O3/c1-26(2,3)22(16-11-13-18(27)14-12-16)28-23(31)17-7-6-8-19(15-17)30-25(33)21-10-5-4-9-20(21)24(32)29-30/h4-8,11-15,20-22H,9-10H2,1-3H3,(H,28,31)(H,29,32). The number of rotatable bonds is 4. The first-order valence-electron chi connectivity index (χ1n) is 11.1. The molecule has 6 nitrogen and oxygen atoms in total. The van der Waals surface area contributed by atoms with Crippen molar-refractivity contribution in [1.82, 2.24) is 10.7 Å². The first-order chi connectivity index (χ1) is 15.6. The van der Waals surface area contributed by atoms with Crippen LogP contribution in [0.3, 0.4) is 0 Å². The second-order valence-electron chi connectivity index (χ2n) is 9.68. The van der Waals surface area contributed by atoms with Crippen LogP contribution in [0.5, 0.6) is 0 Å².